The first kappa shape index (κ1) is 17.6. The van der Waals surface area contributed by atoms with Crippen LogP contribution in [0.25, 0.3) is 0 Å². The zero-order valence-electron chi connectivity index (χ0n) is 14.9. The number of morpholine rings is 1. The molecule has 1 amide bonds. The van der Waals surface area contributed by atoms with Crippen LogP contribution in [0.15, 0.2) is 34.7 Å². The third-order valence-electron chi connectivity index (χ3n) is 4.49. The Hall–Kier alpha value is -2.25. The van der Waals surface area contributed by atoms with Gasteiger partial charge in [-0.25, -0.2) is 0 Å². The highest BCUT2D eigenvalue weighted by Gasteiger charge is 2.32. The first-order valence-electron chi connectivity index (χ1n) is 8.49. The molecule has 0 bridgehead atoms. The summed E-state index contributed by atoms with van der Waals surface area (Å²) < 4.78 is 11.1. The molecule has 25 heavy (non-hydrogen) atoms. The molecule has 2 heterocycles. The third-order valence-corrected chi connectivity index (χ3v) is 4.49. The lowest BCUT2D eigenvalue weighted by Crippen LogP contribution is -2.50. The molecule has 0 aliphatic carbocycles. The molecule has 3 rings (SSSR count). The van der Waals surface area contributed by atoms with Crippen LogP contribution in [-0.4, -0.2) is 58.7 Å². The maximum Gasteiger partial charge on any atom is 0.246 e. The summed E-state index contributed by atoms with van der Waals surface area (Å²) in [6.45, 7) is 5.88. The van der Waals surface area contributed by atoms with Crippen molar-refractivity contribution in [3.63, 3.8) is 0 Å². The van der Waals surface area contributed by atoms with E-state index in [1.54, 1.807) is 6.92 Å². The quantitative estimate of drug-likeness (QED) is 0.824. The van der Waals surface area contributed by atoms with Crippen molar-refractivity contribution >= 4 is 5.91 Å². The fraction of sp³-hybridized carbons (Fsp3) is 0.500. The molecule has 7 heteroatoms. The van der Waals surface area contributed by atoms with Crippen LogP contribution in [0.5, 0.6) is 0 Å². The van der Waals surface area contributed by atoms with E-state index in [9.17, 15) is 4.79 Å². The number of hydrogen-bond donors (Lipinski definition) is 0. The zero-order chi connectivity index (χ0) is 17.8. The van der Waals surface area contributed by atoms with Gasteiger partial charge in [0.1, 0.15) is 0 Å². The molecule has 1 aromatic heterocycles. The van der Waals surface area contributed by atoms with Gasteiger partial charge in [-0.1, -0.05) is 30.3 Å². The van der Waals surface area contributed by atoms with Gasteiger partial charge in [-0.3, -0.25) is 9.69 Å². The lowest BCUT2D eigenvalue weighted by Gasteiger charge is -2.35. The van der Waals surface area contributed by atoms with Crippen molar-refractivity contribution in [3.05, 3.63) is 47.7 Å². The van der Waals surface area contributed by atoms with E-state index in [0.717, 1.165) is 6.54 Å². The summed E-state index contributed by atoms with van der Waals surface area (Å²) in [5, 5.41) is 7.84. The van der Waals surface area contributed by atoms with E-state index in [0.29, 0.717) is 31.5 Å². The van der Waals surface area contributed by atoms with Gasteiger partial charge in [0.2, 0.25) is 17.7 Å². The van der Waals surface area contributed by atoms with Crippen LogP contribution in [0.1, 0.15) is 30.4 Å². The summed E-state index contributed by atoms with van der Waals surface area (Å²) >= 11 is 0. The van der Waals surface area contributed by atoms with Gasteiger partial charge >= 0.3 is 0 Å². The number of hydrogen-bond acceptors (Lipinski definition) is 6. The van der Waals surface area contributed by atoms with Crippen molar-refractivity contribution < 1.29 is 13.9 Å². The van der Waals surface area contributed by atoms with E-state index in [1.807, 2.05) is 37.1 Å². The van der Waals surface area contributed by atoms with Gasteiger partial charge in [0.15, 0.2) is 6.10 Å². The molecular weight excluding hydrogens is 320 g/mol. The Balaban J connectivity index is 1.61. The minimum atomic E-state index is -0.356. The number of rotatable bonds is 5. The third kappa shape index (κ3) is 4.24. The van der Waals surface area contributed by atoms with Crippen LogP contribution in [0, 0.1) is 6.92 Å². The summed E-state index contributed by atoms with van der Waals surface area (Å²) in [6, 6.07) is 9.92. The van der Waals surface area contributed by atoms with Crippen LogP contribution in [0.3, 0.4) is 0 Å². The molecule has 1 fully saturated rings. The smallest absolute Gasteiger partial charge is 0.246 e. The van der Waals surface area contributed by atoms with E-state index < -0.39 is 0 Å². The largest absolute Gasteiger partial charge is 0.423 e. The van der Waals surface area contributed by atoms with Crippen molar-refractivity contribution in [1.82, 2.24) is 20.0 Å². The number of benzene rings is 1. The fourth-order valence-electron chi connectivity index (χ4n) is 2.90. The molecule has 0 unspecified atom stereocenters. The summed E-state index contributed by atoms with van der Waals surface area (Å²) in [4.78, 5) is 16.7. The van der Waals surface area contributed by atoms with Crippen LogP contribution in [0.4, 0.5) is 0 Å². The second-order valence-electron chi connectivity index (χ2n) is 6.38. The normalized spacial score (nSPS) is 19.2. The molecule has 0 N–H and O–H groups in total. The van der Waals surface area contributed by atoms with E-state index >= 15 is 0 Å². The van der Waals surface area contributed by atoms with Crippen LogP contribution in [0.2, 0.25) is 0 Å². The number of aryl methyl sites for hydroxylation is 1. The van der Waals surface area contributed by atoms with Crippen LogP contribution >= 0.6 is 0 Å². The van der Waals surface area contributed by atoms with E-state index in [-0.39, 0.29) is 18.1 Å². The van der Waals surface area contributed by atoms with Gasteiger partial charge in [0, 0.05) is 20.0 Å². The van der Waals surface area contributed by atoms with Crippen molar-refractivity contribution in [3.8, 4) is 0 Å². The minimum absolute atomic E-state index is 0.0861. The molecule has 1 aliphatic rings. The van der Waals surface area contributed by atoms with Crippen LogP contribution < -0.4 is 0 Å². The highest BCUT2D eigenvalue weighted by molar-refractivity contribution is 5.81. The van der Waals surface area contributed by atoms with Crippen molar-refractivity contribution in [2.75, 3.05) is 26.7 Å². The maximum absolute atomic E-state index is 12.9. The summed E-state index contributed by atoms with van der Waals surface area (Å²) in [5.74, 6) is 1.02. The van der Waals surface area contributed by atoms with Gasteiger partial charge in [-0.2, -0.15) is 0 Å². The number of amides is 1. The van der Waals surface area contributed by atoms with Gasteiger partial charge < -0.3 is 14.1 Å². The second kappa shape index (κ2) is 7.76. The zero-order valence-corrected chi connectivity index (χ0v) is 14.9. The van der Waals surface area contributed by atoms with Crippen molar-refractivity contribution in [1.29, 1.82) is 0 Å². The topological polar surface area (TPSA) is 71.7 Å². The molecule has 1 saturated heterocycles. The number of nitrogens with zero attached hydrogens (tertiary/aromatic N) is 4. The Kier molecular flexibility index (Phi) is 5.45. The number of carbonyl (C=O) groups is 1. The second-order valence-corrected chi connectivity index (χ2v) is 6.38. The first-order valence-corrected chi connectivity index (χ1v) is 8.49. The predicted octanol–water partition coefficient (Wildman–Crippen LogP) is 1.80. The molecule has 2 aromatic rings. The first-order chi connectivity index (χ1) is 12.0. The highest BCUT2D eigenvalue weighted by atomic mass is 16.5. The standard InChI is InChI=1S/C18H24N4O3/c1-13(21(3)11-15-7-5-4-6-8-15)18(23)22-9-10-24-16(12-22)17-20-19-14(2)25-17/h4-8,13,16H,9-12H2,1-3H3/t13-,16-/m1/s1. The summed E-state index contributed by atoms with van der Waals surface area (Å²) in [5.41, 5.74) is 1.19. The van der Waals surface area contributed by atoms with E-state index in [1.165, 1.54) is 5.56 Å². The molecule has 7 nitrogen and oxygen atoms in total. The summed E-state index contributed by atoms with van der Waals surface area (Å²) in [6.07, 6.45) is -0.356. The Morgan fingerprint density at radius 2 is 2.12 bits per heavy atom. The van der Waals surface area contributed by atoms with E-state index in [4.69, 9.17) is 9.15 Å². The number of ether oxygens (including phenoxy) is 1. The SMILES string of the molecule is Cc1nnc([C@H]2CN(C(=O)[C@@H](C)N(C)Cc3ccccc3)CCO2)o1. The number of likely N-dealkylation sites (N-methyl/N-ethyl adjacent to an activating group) is 1. The molecule has 1 aliphatic heterocycles. The highest BCUT2D eigenvalue weighted by Crippen LogP contribution is 2.22. The van der Waals surface area contributed by atoms with Gasteiger partial charge in [0.05, 0.1) is 19.2 Å². The number of carbonyl (C=O) groups excluding carboxylic acids is 1. The van der Waals surface area contributed by atoms with Gasteiger partial charge in [-0.15, -0.1) is 10.2 Å². The van der Waals surface area contributed by atoms with E-state index in [2.05, 4.69) is 27.2 Å². The Morgan fingerprint density at radius 3 is 2.80 bits per heavy atom. The summed E-state index contributed by atoms with van der Waals surface area (Å²) in [7, 11) is 1.97. The molecule has 1 aromatic carbocycles. The molecular formula is C18H24N4O3. The van der Waals surface area contributed by atoms with Gasteiger partial charge in [-0.05, 0) is 19.5 Å². The molecule has 0 spiro atoms. The fourth-order valence-corrected chi connectivity index (χ4v) is 2.90. The lowest BCUT2D eigenvalue weighted by atomic mass is 10.1. The lowest BCUT2D eigenvalue weighted by molar-refractivity contribution is -0.144. The molecule has 2 atom stereocenters. The Morgan fingerprint density at radius 1 is 1.36 bits per heavy atom. The molecule has 134 valence electrons. The predicted molar refractivity (Wildman–Crippen MR) is 91.7 cm³/mol. The number of aromatic nitrogens is 2. The molecule has 0 radical (unpaired) electrons. The Labute approximate surface area is 147 Å². The Bertz CT molecular complexity index is 703. The average Bonchev–Trinajstić information content (AvgIpc) is 3.08. The van der Waals surface area contributed by atoms with Gasteiger partial charge in [0.25, 0.3) is 0 Å². The van der Waals surface area contributed by atoms with Crippen molar-refractivity contribution in [2.45, 2.75) is 32.5 Å². The van der Waals surface area contributed by atoms with Crippen molar-refractivity contribution in [2.24, 2.45) is 0 Å². The minimum Gasteiger partial charge on any atom is -0.423 e. The van der Waals surface area contributed by atoms with Crippen LogP contribution in [-0.2, 0) is 16.1 Å². The average molecular weight is 344 g/mol. The molecule has 0 saturated carbocycles. The maximum atomic E-state index is 12.9. The monoisotopic (exact) mass is 344 g/mol.